The van der Waals surface area contributed by atoms with Crippen molar-refractivity contribution in [2.45, 2.75) is 129 Å². The molecule has 0 saturated carbocycles. The largest absolute Gasteiger partial charge is 0.762 e. The molecule has 294 valence electrons. The molecular formula is C47H56N4O5. The van der Waals surface area contributed by atoms with Gasteiger partial charge in [-0.3, -0.25) is 4.79 Å². The monoisotopic (exact) mass is 756 g/mol. The molecule has 2 heterocycles. The average Bonchev–Trinajstić information content (AvgIpc) is 3.51. The van der Waals surface area contributed by atoms with Crippen LogP contribution in [0.2, 0.25) is 0 Å². The molecule has 2 N–H and O–H groups in total. The number of carbonyl (C=O) groups excluding carboxylic acids is 1. The predicted molar refractivity (Wildman–Crippen MR) is 222 cm³/mol. The third kappa shape index (κ3) is 8.13. The van der Waals surface area contributed by atoms with Crippen LogP contribution in [0, 0.1) is 11.3 Å². The summed E-state index contributed by atoms with van der Waals surface area (Å²) >= 11 is 0. The number of fused-ring (bicyclic) bond motifs is 2. The number of unbranched alkanes of at least 4 members (excludes halogenated alkanes) is 10. The highest BCUT2D eigenvalue weighted by molar-refractivity contribution is 6.27. The Hall–Kier alpha value is -5.32. The number of hydrogen-bond acceptors (Lipinski definition) is 5. The molecule has 0 unspecified atom stereocenters. The maximum Gasteiger partial charge on any atom is 0.335 e. The number of carbonyl (C=O) groups is 3. The average molecular weight is 757 g/mol. The number of anilines is 1. The van der Waals surface area contributed by atoms with Crippen LogP contribution >= 0.6 is 0 Å². The van der Waals surface area contributed by atoms with Gasteiger partial charge in [-0.25, -0.2) is 15.5 Å². The minimum atomic E-state index is -1.01. The second-order valence-electron chi connectivity index (χ2n) is 16.4. The van der Waals surface area contributed by atoms with Crippen LogP contribution in [0.4, 0.5) is 11.4 Å². The molecule has 0 spiro atoms. The van der Waals surface area contributed by atoms with Crippen molar-refractivity contribution in [1.82, 2.24) is 0 Å². The molecule has 5 rings (SSSR count). The molecule has 0 saturated heterocycles. The van der Waals surface area contributed by atoms with Crippen LogP contribution in [0.15, 0.2) is 76.5 Å². The third-order valence-corrected chi connectivity index (χ3v) is 11.8. The zero-order chi connectivity index (χ0) is 40.8. The van der Waals surface area contributed by atoms with Crippen molar-refractivity contribution >= 4 is 40.7 Å². The summed E-state index contributed by atoms with van der Waals surface area (Å²) in [6.45, 7) is 13.8. The van der Waals surface area contributed by atoms with Crippen molar-refractivity contribution < 1.29 is 29.2 Å². The van der Waals surface area contributed by atoms with Gasteiger partial charge in [-0.15, -0.1) is 0 Å². The Bertz CT molecular complexity index is 2130. The predicted octanol–water partition coefficient (Wildman–Crippen LogP) is 10.4. The first-order chi connectivity index (χ1) is 26.7. The summed E-state index contributed by atoms with van der Waals surface area (Å²) in [7, 11) is 0. The molecule has 56 heavy (non-hydrogen) atoms. The van der Waals surface area contributed by atoms with Gasteiger partial charge in [0.25, 0.3) is 0 Å². The number of Topliss-reactive ketones (excluding diaryl/α,β-unsaturated/α-hetero) is 1. The fourth-order valence-corrected chi connectivity index (χ4v) is 8.53. The quantitative estimate of drug-likeness (QED) is 0.0477. The number of rotatable bonds is 19. The van der Waals surface area contributed by atoms with E-state index in [1.165, 1.54) is 25.7 Å². The fraction of sp³-hybridized carbons (Fsp3) is 0.468. The number of aromatic carboxylic acids is 2. The van der Waals surface area contributed by atoms with Crippen molar-refractivity contribution in [3.63, 3.8) is 0 Å². The van der Waals surface area contributed by atoms with Gasteiger partial charge in [0.2, 0.25) is 5.69 Å². The molecule has 2 aromatic carbocycles. The van der Waals surface area contributed by atoms with E-state index >= 15 is 0 Å². The Morgan fingerprint density at radius 3 is 1.96 bits per heavy atom. The summed E-state index contributed by atoms with van der Waals surface area (Å²) in [6, 6.07) is 12.4. The molecule has 9 nitrogen and oxygen atoms in total. The van der Waals surface area contributed by atoms with Gasteiger partial charge in [0.1, 0.15) is 12.6 Å². The van der Waals surface area contributed by atoms with Crippen LogP contribution in [-0.4, -0.2) is 57.2 Å². The van der Waals surface area contributed by atoms with Gasteiger partial charge in [0, 0.05) is 64.2 Å². The zero-order valence-corrected chi connectivity index (χ0v) is 33.9. The van der Waals surface area contributed by atoms with E-state index in [1.807, 2.05) is 63.9 Å². The number of benzene rings is 2. The van der Waals surface area contributed by atoms with Crippen LogP contribution < -0.4 is 4.90 Å². The topological polar surface area (TPSA) is 144 Å². The summed E-state index contributed by atoms with van der Waals surface area (Å²) in [5.41, 5.74) is 4.80. The highest BCUT2D eigenvalue weighted by atomic mass is 16.4. The molecule has 0 aromatic heterocycles. The number of nitrogens with zero attached hydrogens (tertiary/aromatic N) is 4. The lowest BCUT2D eigenvalue weighted by atomic mass is 9.73. The SMILES string of the molecule is CCCCCCCCN1/C(=C/C2=C(C(=C=[N-])C#N)C(=C/C3=[N+](CCCCCCCC)c4ccc(C(=O)O)cc4C3(C)C)/C2=O)C(C)(C)c2cc(C(=O)O)ccc21. The van der Waals surface area contributed by atoms with Gasteiger partial charge >= 0.3 is 11.9 Å². The van der Waals surface area contributed by atoms with Crippen LogP contribution in [0.25, 0.3) is 5.41 Å². The first-order valence-corrected chi connectivity index (χ1v) is 20.3. The van der Waals surface area contributed by atoms with Crippen molar-refractivity contribution in [1.29, 1.82) is 5.26 Å². The summed E-state index contributed by atoms with van der Waals surface area (Å²) < 4.78 is 2.17. The van der Waals surface area contributed by atoms with Crippen molar-refractivity contribution in [3.8, 4) is 6.07 Å². The number of ketones is 1. The van der Waals surface area contributed by atoms with E-state index in [0.717, 1.165) is 85.3 Å². The molecule has 9 heteroatoms. The van der Waals surface area contributed by atoms with Crippen LogP contribution in [0.1, 0.15) is 150 Å². The highest BCUT2D eigenvalue weighted by Gasteiger charge is 2.48. The first kappa shape index (κ1) is 41.8. The van der Waals surface area contributed by atoms with Gasteiger partial charge in [-0.05, 0) is 68.7 Å². The molecule has 2 aromatic rings. The molecule has 0 radical (unpaired) electrons. The molecular weight excluding hydrogens is 701 g/mol. The minimum Gasteiger partial charge on any atom is -0.762 e. The Balaban J connectivity index is 1.63. The fourth-order valence-electron chi connectivity index (χ4n) is 8.53. The van der Waals surface area contributed by atoms with Crippen molar-refractivity contribution in [2.24, 2.45) is 0 Å². The second kappa shape index (κ2) is 17.6. The van der Waals surface area contributed by atoms with E-state index in [-0.39, 0.29) is 33.6 Å². The molecule has 2 aliphatic heterocycles. The smallest absolute Gasteiger partial charge is 0.335 e. The molecule has 0 fully saturated rings. The number of carboxylic acids is 2. The zero-order valence-electron chi connectivity index (χ0n) is 33.9. The number of carboxylic acid groups (broad SMARTS) is 2. The van der Waals surface area contributed by atoms with E-state index in [9.17, 15) is 35.3 Å². The van der Waals surface area contributed by atoms with Gasteiger partial charge < -0.3 is 20.5 Å². The maximum absolute atomic E-state index is 14.5. The van der Waals surface area contributed by atoms with Crippen molar-refractivity contribution in [2.75, 3.05) is 18.0 Å². The lowest BCUT2D eigenvalue weighted by molar-refractivity contribution is -0.438. The molecule has 0 bridgehead atoms. The Morgan fingerprint density at radius 1 is 0.804 bits per heavy atom. The van der Waals surface area contributed by atoms with E-state index in [1.54, 1.807) is 24.3 Å². The van der Waals surface area contributed by atoms with E-state index < -0.39 is 22.8 Å². The van der Waals surface area contributed by atoms with Gasteiger partial charge in [0.05, 0.1) is 22.1 Å². The summed E-state index contributed by atoms with van der Waals surface area (Å²) in [4.78, 5) is 40.7. The lowest BCUT2D eigenvalue weighted by Gasteiger charge is -2.30. The molecule has 0 amide bonds. The van der Waals surface area contributed by atoms with Crippen LogP contribution in [-0.2, 0) is 15.6 Å². The van der Waals surface area contributed by atoms with Gasteiger partial charge in [0.15, 0.2) is 11.5 Å². The number of hydrogen-bond donors (Lipinski definition) is 2. The Morgan fingerprint density at radius 2 is 1.38 bits per heavy atom. The number of nitriles is 1. The number of allylic oxidation sites excluding steroid dienone is 7. The minimum absolute atomic E-state index is 0.156. The van der Waals surface area contributed by atoms with E-state index in [4.69, 9.17) is 0 Å². The first-order valence-electron chi connectivity index (χ1n) is 20.3. The van der Waals surface area contributed by atoms with Gasteiger partial charge in [-0.1, -0.05) is 85.5 Å². The lowest BCUT2D eigenvalue weighted by Crippen LogP contribution is -2.33. The van der Waals surface area contributed by atoms with E-state index in [2.05, 4.69) is 23.3 Å². The second-order valence-corrected chi connectivity index (χ2v) is 16.4. The molecule has 0 atom stereocenters. The Kier molecular flexibility index (Phi) is 13.2. The third-order valence-electron chi connectivity index (χ3n) is 11.8. The van der Waals surface area contributed by atoms with Crippen molar-refractivity contribution in [3.05, 3.63) is 104 Å². The molecule has 3 aliphatic rings. The Labute approximate surface area is 332 Å². The highest BCUT2D eigenvalue weighted by Crippen LogP contribution is 2.50. The molecule has 1 aliphatic carbocycles. The summed E-state index contributed by atoms with van der Waals surface area (Å²) in [6.07, 6.45) is 16.8. The van der Waals surface area contributed by atoms with Gasteiger partial charge in [-0.2, -0.15) is 9.84 Å². The van der Waals surface area contributed by atoms with Crippen LogP contribution in [0.5, 0.6) is 0 Å². The standard InChI is InChI=1S/C47H56N4O5/c1-7-9-11-13-15-17-23-50-38-21-19-31(44(53)54)25-36(38)46(3,4)40(50)27-34-42(33(29-48)30-49)35(43(34)52)28-41-47(5,6)37-26-32(45(55)56)20-22-39(37)51(41)24-18-16-14-12-10-8-2/h19-22,25-28H,7-18,23-24H2,1-6H3,(H,53,54)(H,55,56). The normalized spacial score (nSPS) is 17.9. The summed E-state index contributed by atoms with van der Waals surface area (Å²) in [5, 5.41) is 40.2. The summed E-state index contributed by atoms with van der Waals surface area (Å²) in [5.74, 6) is -0.262. The maximum atomic E-state index is 14.5. The van der Waals surface area contributed by atoms with E-state index in [0.29, 0.717) is 18.7 Å². The van der Waals surface area contributed by atoms with Crippen LogP contribution in [0.3, 0.4) is 0 Å².